The minimum atomic E-state index is -4.17. The van der Waals surface area contributed by atoms with Crippen molar-refractivity contribution in [2.24, 2.45) is 5.84 Å². The summed E-state index contributed by atoms with van der Waals surface area (Å²) in [7, 11) is -4.17. The molecule has 17 nitrogen and oxygen atoms in total. The van der Waals surface area contributed by atoms with Gasteiger partial charge in [0, 0.05) is 24.9 Å². The lowest BCUT2D eigenvalue weighted by molar-refractivity contribution is -0.132. The number of nitrogens with two attached hydrogens (primary N) is 1. The summed E-state index contributed by atoms with van der Waals surface area (Å²) in [6.45, 7) is 21.4. The van der Waals surface area contributed by atoms with Crippen LogP contribution in [-0.2, 0) is 42.0 Å². The van der Waals surface area contributed by atoms with Crippen LogP contribution in [0.15, 0.2) is 29.2 Å². The number of nitrogens with one attached hydrogen (secondary N) is 7. The van der Waals surface area contributed by atoms with E-state index in [4.69, 9.17) is 25.5 Å². The number of alkyl carbamates (subject to hydrolysis) is 1. The molecule has 3 rings (SSSR count). The fourth-order valence-corrected chi connectivity index (χ4v) is 7.89. The van der Waals surface area contributed by atoms with Gasteiger partial charge in [-0.25, -0.2) is 23.8 Å². The molecule has 1 aliphatic heterocycles. The smallest absolute Gasteiger partial charge is 0.408 e. The summed E-state index contributed by atoms with van der Waals surface area (Å²) in [4.78, 5) is 52.4. The van der Waals surface area contributed by atoms with Crippen LogP contribution in [0.25, 0.3) is 0 Å². The Morgan fingerprint density at radius 3 is 2.05 bits per heavy atom. The maximum Gasteiger partial charge on any atom is 0.408 e. The average molecular weight is 831 g/mol. The number of amides is 4. The Hall–Kier alpha value is -5.10. The highest BCUT2D eigenvalue weighted by atomic mass is 32.2. The fourth-order valence-electron chi connectivity index (χ4n) is 6.37. The summed E-state index contributed by atoms with van der Waals surface area (Å²) in [5.41, 5.74) is 3.60. The number of fused-ring (bicyclic) bond motifs is 1. The summed E-state index contributed by atoms with van der Waals surface area (Å²) in [5.74, 6) is 4.17. The molecule has 3 atom stereocenters. The van der Waals surface area contributed by atoms with Crippen LogP contribution in [0.5, 0.6) is 11.5 Å². The van der Waals surface area contributed by atoms with Gasteiger partial charge < -0.3 is 35.5 Å². The molecule has 0 saturated heterocycles. The van der Waals surface area contributed by atoms with Gasteiger partial charge in [0.2, 0.25) is 17.8 Å². The highest BCUT2D eigenvalue weighted by Gasteiger charge is 2.37. The lowest BCUT2D eigenvalue weighted by Crippen LogP contribution is -2.57. The van der Waals surface area contributed by atoms with Crippen LogP contribution in [0.3, 0.4) is 0 Å². The summed E-state index contributed by atoms with van der Waals surface area (Å²) >= 11 is 0. The van der Waals surface area contributed by atoms with Crippen molar-refractivity contribution in [3.05, 3.63) is 52.1 Å². The predicted octanol–water partition coefficient (Wildman–Crippen LogP) is 3.20. The van der Waals surface area contributed by atoms with Crippen molar-refractivity contribution in [3.63, 3.8) is 0 Å². The van der Waals surface area contributed by atoms with E-state index in [-0.39, 0.29) is 30.7 Å². The predicted molar refractivity (Wildman–Crippen MR) is 220 cm³/mol. The van der Waals surface area contributed by atoms with Crippen molar-refractivity contribution in [1.82, 2.24) is 31.4 Å². The Morgan fingerprint density at radius 2 is 1.48 bits per heavy atom. The largest absolute Gasteiger partial charge is 0.488 e. The Bertz CT molecular complexity index is 1970. The Labute approximate surface area is 342 Å². The van der Waals surface area contributed by atoms with Gasteiger partial charge in [0.1, 0.15) is 46.4 Å². The van der Waals surface area contributed by atoms with E-state index in [0.717, 1.165) is 11.1 Å². The number of carbonyl (C=O) groups excluding carboxylic acids is 4. The maximum atomic E-state index is 13.8. The van der Waals surface area contributed by atoms with Crippen LogP contribution in [-0.4, -0.2) is 79.7 Å². The first kappa shape index (κ1) is 47.3. The molecule has 1 aliphatic rings. The molecule has 0 saturated carbocycles. The molecule has 0 aromatic heterocycles. The minimum absolute atomic E-state index is 0.00975. The van der Waals surface area contributed by atoms with Gasteiger partial charge in [-0.15, -0.1) is 0 Å². The third-order valence-corrected chi connectivity index (χ3v) is 10.7. The van der Waals surface area contributed by atoms with Crippen LogP contribution < -0.4 is 46.7 Å². The van der Waals surface area contributed by atoms with Crippen LogP contribution in [0, 0.1) is 26.2 Å². The van der Waals surface area contributed by atoms with E-state index in [1.807, 2.05) is 47.0 Å². The van der Waals surface area contributed by atoms with Gasteiger partial charge in [-0.05, 0) is 130 Å². The molecule has 4 amide bonds. The third kappa shape index (κ3) is 13.5. The van der Waals surface area contributed by atoms with E-state index in [1.165, 1.54) is 6.92 Å². The summed E-state index contributed by atoms with van der Waals surface area (Å²) in [6.07, 6.45) is -0.0541. The number of benzene rings is 2. The van der Waals surface area contributed by atoms with E-state index >= 15 is 0 Å². The van der Waals surface area contributed by atoms with E-state index in [1.54, 1.807) is 58.9 Å². The van der Waals surface area contributed by atoms with Gasteiger partial charge in [0.15, 0.2) is 0 Å². The summed E-state index contributed by atoms with van der Waals surface area (Å²) in [5, 5.41) is 18.8. The summed E-state index contributed by atoms with van der Waals surface area (Å²) < 4.78 is 46.7. The van der Waals surface area contributed by atoms with E-state index in [2.05, 4.69) is 26.0 Å². The first-order chi connectivity index (χ1) is 26.6. The van der Waals surface area contributed by atoms with Gasteiger partial charge in [0.25, 0.3) is 15.9 Å². The topological polar surface area (TPSA) is 252 Å². The van der Waals surface area contributed by atoms with Crippen molar-refractivity contribution in [2.45, 2.75) is 149 Å². The molecule has 58 heavy (non-hydrogen) atoms. The lowest BCUT2D eigenvalue weighted by atomic mass is 9.94. The zero-order chi connectivity index (χ0) is 44.0. The zero-order valence-corrected chi connectivity index (χ0v) is 36.6. The third-order valence-electron chi connectivity index (χ3n) is 9.09. The molecule has 2 aromatic rings. The molecule has 0 spiro atoms. The Balaban J connectivity index is 1.70. The second-order valence-corrected chi connectivity index (χ2v) is 18.8. The lowest BCUT2D eigenvalue weighted by Gasteiger charge is -2.25. The number of guanidine groups is 1. The molecule has 9 N–H and O–H groups in total. The van der Waals surface area contributed by atoms with Gasteiger partial charge in [-0.1, -0.05) is 12.1 Å². The van der Waals surface area contributed by atoms with Gasteiger partial charge >= 0.3 is 6.09 Å². The van der Waals surface area contributed by atoms with E-state index in [0.29, 0.717) is 34.6 Å². The molecule has 0 unspecified atom stereocenters. The van der Waals surface area contributed by atoms with Crippen molar-refractivity contribution >= 4 is 39.8 Å². The van der Waals surface area contributed by atoms with Crippen LogP contribution in [0.4, 0.5) is 4.79 Å². The number of rotatable bonds is 15. The molecular formula is C40H62N8O9S. The number of hydrogen-bond donors (Lipinski definition) is 8. The minimum Gasteiger partial charge on any atom is -0.488 e. The Kier molecular flexibility index (Phi) is 15.2. The monoisotopic (exact) mass is 830 g/mol. The second kappa shape index (κ2) is 18.7. The summed E-state index contributed by atoms with van der Waals surface area (Å²) in [6, 6.07) is 3.52. The highest BCUT2D eigenvalue weighted by Crippen LogP contribution is 2.43. The van der Waals surface area contributed by atoms with Gasteiger partial charge in [-0.3, -0.25) is 25.2 Å². The number of hydrazine groups is 1. The first-order valence-electron chi connectivity index (χ1n) is 19.2. The van der Waals surface area contributed by atoms with Crippen molar-refractivity contribution in [3.8, 4) is 11.5 Å². The normalized spacial score (nSPS) is 15.1. The zero-order valence-electron chi connectivity index (χ0n) is 35.7. The number of carbonyl (C=O) groups is 4. The standard InChI is InChI=1S/C40H62N8O9S/c1-22-23(2)32(24(3)28-21-40(11,12)56-31(22)28)58(53,54)48-36(41)43-19-13-14-29(35(51)47-42)45-34(50)30(20-26-15-17-27(18-16-26)55-38(5,6)7)46-33(49)25(4)44-37(52)57-39(8,9)10/h15-18,25,29-30H,13-14,19-21,42H2,1-12H3,(H,44,52)(H,45,50)(H,46,49)(H,47,51)(H3,41,43,48)/t25-,29-,30-/m0/s1. The average Bonchev–Trinajstić information content (AvgIpc) is 3.42. The van der Waals surface area contributed by atoms with Gasteiger partial charge in [-0.2, -0.15) is 0 Å². The molecule has 0 radical (unpaired) electrons. The molecule has 0 aliphatic carbocycles. The SMILES string of the molecule is Cc1c(C)c(S(=O)(=O)NC(=N)NCCC[C@H](NC(=O)[C@H](Cc2ccc(OC(C)(C)C)cc2)NC(=O)[C@H](C)NC(=O)OC(C)(C)C)C(=O)NN)c(C)c2c1OC(C)(C)C2. The quantitative estimate of drug-likeness (QED) is 0.0323. The highest BCUT2D eigenvalue weighted by molar-refractivity contribution is 7.90. The van der Waals surface area contributed by atoms with Crippen LogP contribution >= 0.6 is 0 Å². The maximum absolute atomic E-state index is 13.8. The van der Waals surface area contributed by atoms with Crippen molar-refractivity contribution < 1.29 is 41.8 Å². The second-order valence-electron chi connectivity index (χ2n) is 17.2. The van der Waals surface area contributed by atoms with E-state index < -0.39 is 74.7 Å². The van der Waals surface area contributed by atoms with E-state index in [9.17, 15) is 27.6 Å². The fraction of sp³-hybridized carbons (Fsp3) is 0.575. The molecule has 322 valence electrons. The molecule has 18 heteroatoms. The first-order valence-corrected chi connectivity index (χ1v) is 20.7. The van der Waals surface area contributed by atoms with Crippen molar-refractivity contribution in [2.75, 3.05) is 6.54 Å². The van der Waals surface area contributed by atoms with Crippen LogP contribution in [0.2, 0.25) is 0 Å². The van der Waals surface area contributed by atoms with Crippen molar-refractivity contribution in [1.29, 1.82) is 5.41 Å². The molecular weight excluding hydrogens is 769 g/mol. The molecule has 0 bridgehead atoms. The molecule has 0 fully saturated rings. The number of hydrogen-bond acceptors (Lipinski definition) is 11. The number of ether oxygens (including phenoxy) is 3. The van der Waals surface area contributed by atoms with Gasteiger partial charge in [0.05, 0.1) is 4.90 Å². The van der Waals surface area contributed by atoms with Crippen LogP contribution in [0.1, 0.15) is 103 Å². The molecule has 1 heterocycles. The number of sulfonamides is 1. The Morgan fingerprint density at radius 1 is 0.879 bits per heavy atom. The molecule has 2 aromatic carbocycles.